The molecule has 0 aromatic heterocycles. The van der Waals surface area contributed by atoms with E-state index in [1.54, 1.807) is 6.07 Å². The predicted molar refractivity (Wildman–Crippen MR) is 82.6 cm³/mol. The molecule has 20 heavy (non-hydrogen) atoms. The average Bonchev–Trinajstić information content (AvgIpc) is 2.34. The summed E-state index contributed by atoms with van der Waals surface area (Å²) in [5.74, 6) is 0. The van der Waals surface area contributed by atoms with Crippen molar-refractivity contribution < 1.29 is 10.0 Å². The first-order chi connectivity index (χ1) is 9.27. The molecule has 0 radical (unpaired) electrons. The smallest absolute Gasteiger partial charge is 0.283 e. The summed E-state index contributed by atoms with van der Waals surface area (Å²) in [5.41, 5.74) is 0.917. The second kappa shape index (κ2) is 7.15. The minimum Gasteiger partial charge on any atom is -0.396 e. The summed E-state index contributed by atoms with van der Waals surface area (Å²) in [4.78, 5) is 10.5. The molecule has 0 aliphatic carbocycles. The Morgan fingerprint density at radius 3 is 2.60 bits per heavy atom. The number of nitro groups is 1. The lowest BCUT2D eigenvalue weighted by atomic mass is 9.85. The van der Waals surface area contributed by atoms with Crippen LogP contribution in [0.3, 0.4) is 0 Å². The standard InChI is InChI=1S/C14H21BrN2O3/c1-14(2,3)12(7-8-18)16-9-10-5-4-6-11(13(10)15)17(19)20/h4-6,12,16,18H,7-9H2,1-3H3. The molecule has 0 amide bonds. The molecule has 1 atom stereocenters. The first-order valence-corrected chi connectivity index (χ1v) is 7.32. The SMILES string of the molecule is CC(C)(C)C(CCO)NCc1cccc([N+](=O)[O-])c1Br. The normalized spacial score (nSPS) is 13.2. The number of aliphatic hydroxyl groups is 1. The Kier molecular flexibility index (Phi) is 6.10. The monoisotopic (exact) mass is 344 g/mol. The van der Waals surface area contributed by atoms with E-state index in [1.807, 2.05) is 6.07 Å². The Morgan fingerprint density at radius 2 is 2.10 bits per heavy atom. The molecule has 0 fully saturated rings. The van der Waals surface area contributed by atoms with Gasteiger partial charge in [0.2, 0.25) is 0 Å². The highest BCUT2D eigenvalue weighted by Gasteiger charge is 2.24. The molecule has 0 bridgehead atoms. The van der Waals surface area contributed by atoms with E-state index in [2.05, 4.69) is 42.0 Å². The fourth-order valence-electron chi connectivity index (χ4n) is 2.05. The van der Waals surface area contributed by atoms with Crippen molar-refractivity contribution in [2.45, 2.75) is 39.8 Å². The first-order valence-electron chi connectivity index (χ1n) is 6.53. The molecule has 6 heteroatoms. The average molecular weight is 345 g/mol. The molecule has 0 spiro atoms. The highest BCUT2D eigenvalue weighted by atomic mass is 79.9. The van der Waals surface area contributed by atoms with Crippen LogP contribution in [-0.4, -0.2) is 22.7 Å². The van der Waals surface area contributed by atoms with Crippen LogP contribution < -0.4 is 5.32 Å². The van der Waals surface area contributed by atoms with Gasteiger partial charge in [0.05, 0.1) is 9.40 Å². The van der Waals surface area contributed by atoms with Gasteiger partial charge in [-0.15, -0.1) is 0 Å². The molecular formula is C14H21BrN2O3. The van der Waals surface area contributed by atoms with Crippen molar-refractivity contribution >= 4 is 21.6 Å². The molecule has 2 N–H and O–H groups in total. The number of aliphatic hydroxyl groups excluding tert-OH is 1. The highest BCUT2D eigenvalue weighted by molar-refractivity contribution is 9.10. The van der Waals surface area contributed by atoms with Crippen LogP contribution in [0, 0.1) is 15.5 Å². The Hall–Kier alpha value is -0.980. The molecule has 5 nitrogen and oxygen atoms in total. The van der Waals surface area contributed by atoms with Crippen molar-refractivity contribution in [2.75, 3.05) is 6.61 Å². The number of nitrogens with zero attached hydrogens (tertiary/aromatic N) is 1. The zero-order valence-electron chi connectivity index (χ0n) is 12.0. The van der Waals surface area contributed by atoms with Gasteiger partial charge in [0.15, 0.2) is 0 Å². The van der Waals surface area contributed by atoms with Crippen LogP contribution >= 0.6 is 15.9 Å². The lowest BCUT2D eigenvalue weighted by Gasteiger charge is -2.31. The second-order valence-corrected chi connectivity index (χ2v) is 6.61. The van der Waals surface area contributed by atoms with Gasteiger partial charge in [-0.25, -0.2) is 0 Å². The third-order valence-electron chi connectivity index (χ3n) is 3.26. The highest BCUT2D eigenvalue weighted by Crippen LogP contribution is 2.29. The Morgan fingerprint density at radius 1 is 1.45 bits per heavy atom. The van der Waals surface area contributed by atoms with Gasteiger partial charge in [-0.05, 0) is 33.3 Å². The number of hydrogen-bond donors (Lipinski definition) is 2. The van der Waals surface area contributed by atoms with E-state index in [-0.39, 0.29) is 23.8 Å². The molecule has 0 heterocycles. The summed E-state index contributed by atoms with van der Waals surface area (Å²) < 4.78 is 0.508. The van der Waals surface area contributed by atoms with Crippen LogP contribution in [-0.2, 0) is 6.54 Å². The van der Waals surface area contributed by atoms with Gasteiger partial charge < -0.3 is 10.4 Å². The number of hydrogen-bond acceptors (Lipinski definition) is 4. The molecule has 112 valence electrons. The molecule has 0 aliphatic heterocycles. The van der Waals surface area contributed by atoms with E-state index in [0.717, 1.165) is 5.56 Å². The van der Waals surface area contributed by atoms with Crippen LogP contribution in [0.4, 0.5) is 5.69 Å². The van der Waals surface area contributed by atoms with Crippen LogP contribution in [0.2, 0.25) is 0 Å². The third kappa shape index (κ3) is 4.54. The maximum atomic E-state index is 10.9. The van der Waals surface area contributed by atoms with Crippen molar-refractivity contribution in [1.82, 2.24) is 5.32 Å². The number of nitro benzene ring substituents is 1. The van der Waals surface area contributed by atoms with Gasteiger partial charge in [0, 0.05) is 25.3 Å². The molecule has 0 aliphatic rings. The van der Waals surface area contributed by atoms with Gasteiger partial charge in [0.1, 0.15) is 0 Å². The van der Waals surface area contributed by atoms with Crippen LogP contribution in [0.5, 0.6) is 0 Å². The van der Waals surface area contributed by atoms with Crippen LogP contribution in [0.25, 0.3) is 0 Å². The fraction of sp³-hybridized carbons (Fsp3) is 0.571. The van der Waals surface area contributed by atoms with Gasteiger partial charge >= 0.3 is 0 Å². The quantitative estimate of drug-likeness (QED) is 0.613. The molecule has 1 rings (SSSR count). The number of rotatable bonds is 6. The molecule has 1 unspecified atom stereocenters. The zero-order chi connectivity index (χ0) is 15.3. The van der Waals surface area contributed by atoms with Crippen molar-refractivity contribution in [1.29, 1.82) is 0 Å². The van der Waals surface area contributed by atoms with E-state index < -0.39 is 4.92 Å². The van der Waals surface area contributed by atoms with E-state index in [4.69, 9.17) is 5.11 Å². The summed E-state index contributed by atoms with van der Waals surface area (Å²) in [6.07, 6.45) is 0.649. The maximum absolute atomic E-state index is 10.9. The summed E-state index contributed by atoms with van der Waals surface area (Å²) in [6, 6.07) is 5.14. The minimum atomic E-state index is -0.400. The van der Waals surface area contributed by atoms with Crippen molar-refractivity contribution in [3.8, 4) is 0 Å². The van der Waals surface area contributed by atoms with Crippen LogP contribution in [0.15, 0.2) is 22.7 Å². The second-order valence-electron chi connectivity index (χ2n) is 5.82. The Bertz CT molecular complexity index is 472. The Labute approximate surface area is 127 Å². The predicted octanol–water partition coefficient (Wildman–Crippen LogP) is 3.24. The molecular weight excluding hydrogens is 324 g/mol. The van der Waals surface area contributed by atoms with Crippen LogP contribution in [0.1, 0.15) is 32.8 Å². The van der Waals surface area contributed by atoms with Crippen molar-refractivity contribution in [3.05, 3.63) is 38.3 Å². The summed E-state index contributed by atoms with van der Waals surface area (Å²) in [7, 11) is 0. The van der Waals surface area contributed by atoms with Crippen molar-refractivity contribution in [3.63, 3.8) is 0 Å². The summed E-state index contributed by atoms with van der Waals surface area (Å²) in [5, 5.41) is 23.4. The van der Waals surface area contributed by atoms with E-state index in [1.165, 1.54) is 6.07 Å². The van der Waals surface area contributed by atoms with Crippen molar-refractivity contribution in [2.24, 2.45) is 5.41 Å². The fourth-order valence-corrected chi connectivity index (χ4v) is 2.60. The molecule has 0 saturated heterocycles. The largest absolute Gasteiger partial charge is 0.396 e. The minimum absolute atomic E-state index is 0.00984. The summed E-state index contributed by atoms with van der Waals surface area (Å²) in [6.45, 7) is 6.93. The van der Waals surface area contributed by atoms with Gasteiger partial charge in [0.25, 0.3) is 5.69 Å². The van der Waals surface area contributed by atoms with E-state index in [0.29, 0.717) is 17.4 Å². The maximum Gasteiger partial charge on any atom is 0.283 e. The number of halogens is 1. The lowest BCUT2D eigenvalue weighted by molar-refractivity contribution is -0.385. The van der Waals surface area contributed by atoms with E-state index >= 15 is 0 Å². The zero-order valence-corrected chi connectivity index (χ0v) is 13.6. The molecule has 0 saturated carbocycles. The van der Waals surface area contributed by atoms with Gasteiger partial charge in [-0.3, -0.25) is 10.1 Å². The third-order valence-corrected chi connectivity index (χ3v) is 4.17. The van der Waals surface area contributed by atoms with E-state index in [9.17, 15) is 10.1 Å². The van der Waals surface area contributed by atoms with Gasteiger partial charge in [-0.2, -0.15) is 0 Å². The lowest BCUT2D eigenvalue weighted by Crippen LogP contribution is -2.40. The molecule has 1 aromatic carbocycles. The number of benzene rings is 1. The van der Waals surface area contributed by atoms with Gasteiger partial charge in [-0.1, -0.05) is 32.9 Å². The topological polar surface area (TPSA) is 75.4 Å². The molecule has 1 aromatic rings. The first kappa shape index (κ1) is 17.1. The number of nitrogens with one attached hydrogen (secondary N) is 1. The Balaban J connectivity index is 2.83. The summed E-state index contributed by atoms with van der Waals surface area (Å²) >= 11 is 3.29.